The summed E-state index contributed by atoms with van der Waals surface area (Å²) >= 11 is 0. The molecule has 0 spiro atoms. The molecule has 22 heavy (non-hydrogen) atoms. The quantitative estimate of drug-likeness (QED) is 0.936. The van der Waals surface area contributed by atoms with E-state index in [-0.39, 0.29) is 11.8 Å². The third-order valence-electron chi connectivity index (χ3n) is 4.69. The van der Waals surface area contributed by atoms with Crippen LogP contribution >= 0.6 is 0 Å². The smallest absolute Gasteiger partial charge is 0.234 e. The molecule has 2 unspecified atom stereocenters. The van der Waals surface area contributed by atoms with E-state index in [0.29, 0.717) is 0 Å². The second kappa shape index (κ2) is 5.89. The van der Waals surface area contributed by atoms with Crippen molar-refractivity contribution >= 4 is 5.91 Å². The number of likely N-dealkylation sites (tertiary alicyclic amines) is 1. The summed E-state index contributed by atoms with van der Waals surface area (Å²) in [6, 6.07) is 15.5. The Balaban J connectivity index is 2.22. The summed E-state index contributed by atoms with van der Waals surface area (Å²) in [7, 11) is 2.08. The van der Waals surface area contributed by atoms with Crippen LogP contribution in [0.4, 0.5) is 0 Å². The monoisotopic (exact) mass is 295 g/mol. The number of nitrogens with zero attached hydrogens (tertiary/aromatic N) is 2. The van der Waals surface area contributed by atoms with Crippen LogP contribution in [0.3, 0.4) is 0 Å². The van der Waals surface area contributed by atoms with Gasteiger partial charge in [0.1, 0.15) is 5.41 Å². The van der Waals surface area contributed by atoms with Crippen LogP contribution in [0, 0.1) is 5.92 Å². The zero-order valence-electron chi connectivity index (χ0n) is 12.8. The number of amides is 1. The molecule has 4 nitrogen and oxygen atoms in total. The Hall–Kier alpha value is -2.20. The molecule has 2 N–H and O–H groups in total. The third-order valence-corrected chi connectivity index (χ3v) is 4.69. The van der Waals surface area contributed by atoms with E-state index in [1.54, 1.807) is 6.20 Å². The average Bonchev–Trinajstić information content (AvgIpc) is 2.97. The van der Waals surface area contributed by atoms with Crippen molar-refractivity contribution in [3.8, 4) is 0 Å². The average molecular weight is 295 g/mol. The first kappa shape index (κ1) is 14.7. The van der Waals surface area contributed by atoms with E-state index < -0.39 is 5.41 Å². The number of nitrogens with two attached hydrogens (primary N) is 1. The molecule has 2 atom stereocenters. The predicted molar refractivity (Wildman–Crippen MR) is 86.3 cm³/mol. The van der Waals surface area contributed by atoms with E-state index in [2.05, 4.69) is 16.9 Å². The highest BCUT2D eigenvalue weighted by molar-refractivity contribution is 5.90. The molecule has 0 aliphatic carbocycles. The number of carbonyl (C=O) groups is 1. The normalized spacial score (nSPS) is 21.4. The predicted octanol–water partition coefficient (Wildman–Crippen LogP) is 1.80. The zero-order valence-corrected chi connectivity index (χ0v) is 12.8. The zero-order chi connectivity index (χ0) is 15.6. The fraction of sp³-hybridized carbons (Fsp3) is 0.333. The Morgan fingerprint density at radius 3 is 2.50 bits per heavy atom. The summed E-state index contributed by atoms with van der Waals surface area (Å²) in [6.07, 6.45) is 2.67. The van der Waals surface area contributed by atoms with Crippen LogP contribution in [0.25, 0.3) is 0 Å². The van der Waals surface area contributed by atoms with Gasteiger partial charge in [0.05, 0.1) is 5.69 Å². The maximum Gasteiger partial charge on any atom is 0.234 e. The molecule has 0 radical (unpaired) electrons. The minimum atomic E-state index is -0.868. The van der Waals surface area contributed by atoms with Crippen LogP contribution < -0.4 is 5.73 Å². The molecular formula is C18H21N3O. The van der Waals surface area contributed by atoms with Crippen LogP contribution in [-0.4, -0.2) is 35.9 Å². The van der Waals surface area contributed by atoms with Gasteiger partial charge in [0.2, 0.25) is 5.91 Å². The maximum absolute atomic E-state index is 12.7. The molecule has 2 aromatic rings. The van der Waals surface area contributed by atoms with Gasteiger partial charge >= 0.3 is 0 Å². The number of hydrogen-bond donors (Lipinski definition) is 1. The van der Waals surface area contributed by atoms with Gasteiger partial charge in [-0.3, -0.25) is 9.78 Å². The molecule has 2 heterocycles. The highest BCUT2D eigenvalue weighted by Crippen LogP contribution is 2.42. The molecule has 1 saturated heterocycles. The van der Waals surface area contributed by atoms with Gasteiger partial charge in [-0.05, 0) is 43.6 Å². The van der Waals surface area contributed by atoms with Gasteiger partial charge in [-0.2, -0.15) is 0 Å². The molecule has 1 amide bonds. The van der Waals surface area contributed by atoms with E-state index in [9.17, 15) is 4.79 Å². The Kier molecular flexibility index (Phi) is 3.94. The second-order valence-corrected chi connectivity index (χ2v) is 6.00. The first-order chi connectivity index (χ1) is 10.7. The maximum atomic E-state index is 12.7. The van der Waals surface area contributed by atoms with E-state index >= 15 is 0 Å². The first-order valence-electron chi connectivity index (χ1n) is 7.61. The van der Waals surface area contributed by atoms with Crippen LogP contribution in [0.2, 0.25) is 0 Å². The molecule has 3 rings (SSSR count). The van der Waals surface area contributed by atoms with Crippen LogP contribution in [0.15, 0.2) is 54.7 Å². The van der Waals surface area contributed by atoms with E-state index in [1.165, 1.54) is 0 Å². The molecule has 1 aromatic carbocycles. The van der Waals surface area contributed by atoms with Gasteiger partial charge < -0.3 is 10.6 Å². The second-order valence-electron chi connectivity index (χ2n) is 6.00. The Morgan fingerprint density at radius 1 is 1.23 bits per heavy atom. The van der Waals surface area contributed by atoms with Crippen molar-refractivity contribution < 1.29 is 4.79 Å². The number of carbonyl (C=O) groups excluding carboxylic acids is 1. The van der Waals surface area contributed by atoms with Gasteiger partial charge in [0, 0.05) is 12.7 Å². The molecule has 4 heteroatoms. The topological polar surface area (TPSA) is 59.2 Å². The minimum Gasteiger partial charge on any atom is -0.369 e. The molecule has 114 valence electrons. The van der Waals surface area contributed by atoms with Crippen LogP contribution in [0.1, 0.15) is 17.7 Å². The molecular weight excluding hydrogens is 274 g/mol. The molecule has 1 aliphatic heterocycles. The largest absolute Gasteiger partial charge is 0.369 e. The fourth-order valence-corrected chi connectivity index (χ4v) is 3.65. The minimum absolute atomic E-state index is 0.132. The van der Waals surface area contributed by atoms with Crippen LogP contribution in [-0.2, 0) is 10.2 Å². The van der Waals surface area contributed by atoms with Crippen molar-refractivity contribution in [2.24, 2.45) is 11.7 Å². The van der Waals surface area contributed by atoms with Gasteiger partial charge in [-0.25, -0.2) is 0 Å². The molecule has 0 saturated carbocycles. The molecule has 1 fully saturated rings. The van der Waals surface area contributed by atoms with Gasteiger partial charge in [-0.15, -0.1) is 0 Å². The lowest BCUT2D eigenvalue weighted by molar-refractivity contribution is -0.123. The van der Waals surface area contributed by atoms with Crippen LogP contribution in [0.5, 0.6) is 0 Å². The van der Waals surface area contributed by atoms with Crippen molar-refractivity contribution in [1.29, 1.82) is 0 Å². The lowest BCUT2D eigenvalue weighted by Gasteiger charge is -2.36. The van der Waals surface area contributed by atoms with E-state index in [4.69, 9.17) is 5.73 Å². The number of hydrogen-bond acceptors (Lipinski definition) is 3. The van der Waals surface area contributed by atoms with Crippen molar-refractivity contribution in [3.05, 3.63) is 66.0 Å². The number of primary amides is 1. The Labute approximate surface area is 131 Å². The van der Waals surface area contributed by atoms with Gasteiger partial charge in [0.15, 0.2) is 0 Å². The summed E-state index contributed by atoms with van der Waals surface area (Å²) in [4.78, 5) is 19.4. The fourth-order valence-electron chi connectivity index (χ4n) is 3.65. The summed E-state index contributed by atoms with van der Waals surface area (Å²) in [5.74, 6) is -0.190. The van der Waals surface area contributed by atoms with Gasteiger partial charge in [-0.1, -0.05) is 36.4 Å². The summed E-state index contributed by atoms with van der Waals surface area (Å²) < 4.78 is 0. The number of pyridine rings is 1. The summed E-state index contributed by atoms with van der Waals surface area (Å²) in [5, 5.41) is 0. The highest BCUT2D eigenvalue weighted by atomic mass is 16.1. The lowest BCUT2D eigenvalue weighted by Crippen LogP contribution is -2.49. The molecule has 1 aliphatic rings. The number of rotatable bonds is 4. The third kappa shape index (κ3) is 2.29. The van der Waals surface area contributed by atoms with Crippen molar-refractivity contribution in [2.75, 3.05) is 20.1 Å². The van der Waals surface area contributed by atoms with E-state index in [0.717, 1.165) is 30.8 Å². The Morgan fingerprint density at radius 2 is 1.95 bits per heavy atom. The Bertz CT molecular complexity index is 602. The van der Waals surface area contributed by atoms with Crippen molar-refractivity contribution in [1.82, 2.24) is 9.88 Å². The SMILES string of the molecule is CN1CCC(C(C(N)=O)(c2ccccc2)c2ccccn2)C1. The summed E-state index contributed by atoms with van der Waals surface area (Å²) in [5.41, 5.74) is 6.77. The van der Waals surface area contributed by atoms with Crippen molar-refractivity contribution in [3.63, 3.8) is 0 Å². The molecule has 0 bridgehead atoms. The summed E-state index contributed by atoms with van der Waals surface area (Å²) in [6.45, 7) is 1.81. The standard InChI is InChI=1S/C18H21N3O/c1-21-12-10-15(13-21)18(17(19)22,14-7-3-2-4-8-14)16-9-5-6-11-20-16/h2-9,11,15H,10,12-13H2,1H3,(H2,19,22). The number of aromatic nitrogens is 1. The lowest BCUT2D eigenvalue weighted by atomic mass is 9.66. The van der Waals surface area contributed by atoms with E-state index in [1.807, 2.05) is 48.5 Å². The first-order valence-corrected chi connectivity index (χ1v) is 7.61. The van der Waals surface area contributed by atoms with Gasteiger partial charge in [0.25, 0.3) is 0 Å². The van der Waals surface area contributed by atoms with Crippen molar-refractivity contribution in [2.45, 2.75) is 11.8 Å². The highest BCUT2D eigenvalue weighted by Gasteiger charge is 2.50. The number of benzene rings is 1. The molecule has 1 aromatic heterocycles.